The van der Waals surface area contributed by atoms with E-state index in [1.165, 1.54) is 19.1 Å². The van der Waals surface area contributed by atoms with Crippen LogP contribution in [-0.4, -0.2) is 43.5 Å². The summed E-state index contributed by atoms with van der Waals surface area (Å²) in [5.74, 6) is 1.91. The number of nitrogens with one attached hydrogen (secondary N) is 1. The average molecular weight is 304 g/mol. The van der Waals surface area contributed by atoms with Crippen LogP contribution in [0.5, 0.6) is 0 Å². The molecule has 0 aromatic carbocycles. The lowest BCUT2D eigenvalue weighted by molar-refractivity contribution is 0.402. The van der Waals surface area contributed by atoms with Crippen LogP contribution in [0, 0.1) is 11.3 Å². The lowest BCUT2D eigenvalue weighted by Gasteiger charge is -2.23. The van der Waals surface area contributed by atoms with E-state index in [-0.39, 0.29) is 5.75 Å². The fourth-order valence-corrected chi connectivity index (χ4v) is 4.13. The molecule has 1 unspecified atom stereocenters. The van der Waals surface area contributed by atoms with Gasteiger partial charge in [0.1, 0.15) is 15.4 Å². The van der Waals surface area contributed by atoms with E-state index >= 15 is 0 Å². The molecule has 0 bridgehead atoms. The monoisotopic (exact) mass is 304 g/mol. The van der Waals surface area contributed by atoms with Gasteiger partial charge in [-0.3, -0.25) is 5.32 Å². The first-order chi connectivity index (χ1) is 8.85. The molecule has 110 valence electrons. The summed E-state index contributed by atoms with van der Waals surface area (Å²) in [4.78, 5) is 0. The highest BCUT2D eigenvalue weighted by atomic mass is 32.2. The van der Waals surface area contributed by atoms with Crippen molar-refractivity contribution in [3.05, 3.63) is 0 Å². The molecule has 0 saturated heterocycles. The smallest absolute Gasteiger partial charge is 0.148 e. The summed E-state index contributed by atoms with van der Waals surface area (Å²) in [7, 11) is -2.82. The third-order valence-electron chi connectivity index (χ3n) is 3.16. The van der Waals surface area contributed by atoms with E-state index in [1.807, 2.05) is 6.92 Å². The summed E-state index contributed by atoms with van der Waals surface area (Å²) in [6.45, 7) is 1.97. The Morgan fingerprint density at radius 2 is 2.05 bits per heavy atom. The first-order valence-corrected chi connectivity index (χ1v) is 10.0. The van der Waals surface area contributed by atoms with Crippen molar-refractivity contribution in [3.8, 4) is 6.07 Å². The maximum absolute atomic E-state index is 10.9. The SMILES string of the molecule is CC(C#N)(CCCCSCCS(C)(=O)=O)NC1CC1. The third kappa shape index (κ3) is 8.51. The highest BCUT2D eigenvalue weighted by Gasteiger charge is 2.31. The second-order valence-electron chi connectivity index (χ2n) is 5.56. The number of nitriles is 1. The van der Waals surface area contributed by atoms with Crippen LogP contribution in [0.25, 0.3) is 0 Å². The van der Waals surface area contributed by atoms with Crippen LogP contribution in [0.2, 0.25) is 0 Å². The largest absolute Gasteiger partial charge is 0.297 e. The molecular formula is C13H24N2O2S2. The summed E-state index contributed by atoms with van der Waals surface area (Å²) in [5, 5.41) is 12.6. The Bertz CT molecular complexity index is 413. The summed E-state index contributed by atoms with van der Waals surface area (Å²) in [6.07, 6.45) is 6.58. The average Bonchev–Trinajstić information content (AvgIpc) is 3.10. The fraction of sp³-hybridized carbons (Fsp3) is 0.923. The number of unbranched alkanes of at least 4 members (excludes halogenated alkanes) is 1. The molecule has 1 N–H and O–H groups in total. The second kappa shape index (κ2) is 7.51. The van der Waals surface area contributed by atoms with Crippen molar-refractivity contribution in [3.63, 3.8) is 0 Å². The van der Waals surface area contributed by atoms with E-state index in [1.54, 1.807) is 11.8 Å². The number of hydrogen-bond acceptors (Lipinski definition) is 5. The minimum Gasteiger partial charge on any atom is -0.297 e. The van der Waals surface area contributed by atoms with Gasteiger partial charge in [-0.2, -0.15) is 17.0 Å². The first kappa shape index (κ1) is 16.8. The zero-order valence-corrected chi connectivity index (χ0v) is 13.4. The Morgan fingerprint density at radius 3 is 2.58 bits per heavy atom. The molecule has 1 aliphatic rings. The van der Waals surface area contributed by atoms with Crippen LogP contribution < -0.4 is 5.32 Å². The normalized spacial score (nSPS) is 18.8. The molecule has 0 aromatic rings. The van der Waals surface area contributed by atoms with Gasteiger partial charge >= 0.3 is 0 Å². The highest BCUT2D eigenvalue weighted by molar-refractivity contribution is 8.00. The van der Waals surface area contributed by atoms with E-state index < -0.39 is 15.4 Å². The predicted octanol–water partition coefficient (Wildman–Crippen LogP) is 1.97. The minimum atomic E-state index is -2.82. The quantitative estimate of drug-likeness (QED) is 0.625. The molecule has 1 aliphatic carbocycles. The third-order valence-corrected chi connectivity index (χ3v) is 5.43. The number of thioether (sulfide) groups is 1. The predicted molar refractivity (Wildman–Crippen MR) is 81.1 cm³/mol. The van der Waals surface area contributed by atoms with Crippen molar-refractivity contribution < 1.29 is 8.42 Å². The number of sulfone groups is 1. The van der Waals surface area contributed by atoms with Crippen molar-refractivity contribution >= 4 is 21.6 Å². The molecule has 19 heavy (non-hydrogen) atoms. The molecule has 0 spiro atoms. The molecule has 0 aliphatic heterocycles. The van der Waals surface area contributed by atoms with Gasteiger partial charge in [-0.15, -0.1) is 0 Å². The van der Waals surface area contributed by atoms with Gasteiger partial charge in [0.05, 0.1) is 11.8 Å². The molecule has 0 heterocycles. The molecule has 0 radical (unpaired) electrons. The Morgan fingerprint density at radius 1 is 1.37 bits per heavy atom. The Kier molecular flexibility index (Phi) is 6.64. The minimum absolute atomic E-state index is 0.261. The van der Waals surface area contributed by atoms with Gasteiger partial charge in [-0.05, 0) is 44.8 Å². The zero-order valence-electron chi connectivity index (χ0n) is 11.8. The van der Waals surface area contributed by atoms with Gasteiger partial charge in [0, 0.05) is 18.1 Å². The molecule has 1 atom stereocenters. The highest BCUT2D eigenvalue weighted by Crippen LogP contribution is 2.25. The van der Waals surface area contributed by atoms with Crippen LogP contribution >= 0.6 is 11.8 Å². The van der Waals surface area contributed by atoms with Gasteiger partial charge in [0.2, 0.25) is 0 Å². The van der Waals surface area contributed by atoms with E-state index in [9.17, 15) is 13.7 Å². The van der Waals surface area contributed by atoms with Gasteiger partial charge in [-0.1, -0.05) is 0 Å². The lowest BCUT2D eigenvalue weighted by Crippen LogP contribution is -2.42. The van der Waals surface area contributed by atoms with E-state index in [0.717, 1.165) is 25.0 Å². The van der Waals surface area contributed by atoms with E-state index in [4.69, 9.17) is 0 Å². The van der Waals surface area contributed by atoms with Crippen LogP contribution in [-0.2, 0) is 9.84 Å². The maximum atomic E-state index is 10.9. The summed E-state index contributed by atoms with van der Waals surface area (Å²) in [5.41, 5.74) is -0.390. The lowest BCUT2D eigenvalue weighted by atomic mass is 9.96. The molecule has 0 aromatic heterocycles. The van der Waals surface area contributed by atoms with Crippen LogP contribution in [0.3, 0.4) is 0 Å². The maximum Gasteiger partial charge on any atom is 0.148 e. The second-order valence-corrected chi connectivity index (χ2v) is 9.05. The van der Waals surface area contributed by atoms with Crippen molar-refractivity contribution in [2.45, 2.75) is 50.6 Å². The summed E-state index contributed by atoms with van der Waals surface area (Å²) >= 11 is 1.68. The van der Waals surface area contributed by atoms with E-state index in [2.05, 4.69) is 11.4 Å². The van der Waals surface area contributed by atoms with Crippen LogP contribution in [0.15, 0.2) is 0 Å². The van der Waals surface area contributed by atoms with Crippen molar-refractivity contribution in [1.82, 2.24) is 5.32 Å². The van der Waals surface area contributed by atoms with Crippen LogP contribution in [0.4, 0.5) is 0 Å². The van der Waals surface area contributed by atoms with E-state index in [0.29, 0.717) is 11.8 Å². The van der Waals surface area contributed by atoms with Crippen molar-refractivity contribution in [2.24, 2.45) is 0 Å². The molecule has 4 nitrogen and oxygen atoms in total. The fourth-order valence-electron chi connectivity index (χ4n) is 1.83. The molecule has 1 rings (SSSR count). The first-order valence-electron chi connectivity index (χ1n) is 6.79. The Labute approximate surface area is 121 Å². The standard InChI is InChI=1S/C13H24N2O2S2/c1-13(11-14,15-12-5-6-12)7-3-4-8-18-9-10-19(2,16)17/h12,15H,3-10H2,1-2H3. The van der Waals surface area contributed by atoms with Gasteiger partial charge in [0.15, 0.2) is 0 Å². The molecule has 6 heteroatoms. The van der Waals surface area contributed by atoms with Gasteiger partial charge < -0.3 is 0 Å². The Balaban J connectivity index is 2.04. The van der Waals surface area contributed by atoms with Gasteiger partial charge in [-0.25, -0.2) is 8.42 Å². The van der Waals surface area contributed by atoms with Crippen LogP contribution in [0.1, 0.15) is 39.0 Å². The molecular weight excluding hydrogens is 280 g/mol. The summed E-state index contributed by atoms with van der Waals surface area (Å²) in [6, 6.07) is 2.92. The molecule has 1 fully saturated rings. The van der Waals surface area contributed by atoms with Crippen molar-refractivity contribution in [1.29, 1.82) is 5.26 Å². The van der Waals surface area contributed by atoms with Crippen molar-refractivity contribution in [2.75, 3.05) is 23.5 Å². The van der Waals surface area contributed by atoms with Gasteiger partial charge in [0.25, 0.3) is 0 Å². The number of nitrogens with zero attached hydrogens (tertiary/aromatic N) is 1. The number of hydrogen-bond donors (Lipinski definition) is 1. The molecule has 0 amide bonds. The zero-order chi connectivity index (χ0) is 14.4. The Hall–Kier alpha value is -0.250. The number of rotatable bonds is 10. The topological polar surface area (TPSA) is 70.0 Å². The summed E-state index contributed by atoms with van der Waals surface area (Å²) < 4.78 is 21.9. The molecule has 1 saturated carbocycles.